The molecule has 0 saturated heterocycles. The zero-order chi connectivity index (χ0) is 30.4. The van der Waals surface area contributed by atoms with Gasteiger partial charge in [0, 0.05) is 10.8 Å². The van der Waals surface area contributed by atoms with Crippen LogP contribution >= 0.6 is 0 Å². The molecule has 0 N–H and O–H groups in total. The lowest BCUT2D eigenvalue weighted by molar-refractivity contribution is 0.669. The summed E-state index contributed by atoms with van der Waals surface area (Å²) < 4.78 is 43.4. The van der Waals surface area contributed by atoms with E-state index in [0.717, 1.165) is 59.4 Å². The molecule has 1 heteroatoms. The molecule has 1 nitrogen and oxygen atoms in total. The Labute approximate surface area is 242 Å². The highest BCUT2D eigenvalue weighted by Crippen LogP contribution is 2.40. The van der Waals surface area contributed by atoms with Crippen LogP contribution in [0.15, 0.2) is 150 Å². The summed E-state index contributed by atoms with van der Waals surface area (Å²) in [5.41, 5.74) is 3.25. The van der Waals surface area contributed by atoms with Gasteiger partial charge in [-0.25, -0.2) is 0 Å². The minimum Gasteiger partial charge on any atom is -0.456 e. The Bertz CT molecular complexity index is 2680. The fourth-order valence-corrected chi connectivity index (χ4v) is 6.31. The molecule has 0 spiro atoms. The summed E-state index contributed by atoms with van der Waals surface area (Å²) in [6.45, 7) is 0. The molecule has 9 aromatic rings. The summed E-state index contributed by atoms with van der Waals surface area (Å²) in [7, 11) is 0. The van der Waals surface area contributed by atoms with E-state index in [2.05, 4.69) is 42.5 Å². The summed E-state index contributed by atoms with van der Waals surface area (Å²) in [4.78, 5) is 0. The molecule has 41 heavy (non-hydrogen) atoms. The van der Waals surface area contributed by atoms with Crippen molar-refractivity contribution in [2.24, 2.45) is 0 Å². The first-order valence-electron chi connectivity index (χ1n) is 15.8. The number of furan rings is 1. The van der Waals surface area contributed by atoms with E-state index in [4.69, 9.17) is 4.42 Å². The molecule has 190 valence electrons. The quantitative estimate of drug-likeness (QED) is 0.162. The Kier molecular flexibility index (Phi) is 3.92. The molecule has 0 fully saturated rings. The number of hydrogen-bond donors (Lipinski definition) is 0. The maximum Gasteiger partial charge on any atom is 0.136 e. The van der Waals surface area contributed by atoms with Crippen LogP contribution in [0.2, 0.25) is 0 Å². The minimum absolute atomic E-state index is 0.0634. The fraction of sp³-hybridized carbons (Fsp3) is 0. The minimum atomic E-state index is -0.0728. The first-order chi connectivity index (χ1) is 22.0. The van der Waals surface area contributed by atoms with E-state index in [1.807, 2.05) is 78.9 Å². The molecule has 0 atom stereocenters. The summed E-state index contributed by atoms with van der Waals surface area (Å²) >= 11 is 0. The molecule has 0 amide bonds. The summed E-state index contributed by atoms with van der Waals surface area (Å²) in [6, 6.07) is 40.1. The molecular formula is C40H24O. The molecule has 8 aromatic carbocycles. The third-order valence-corrected chi connectivity index (χ3v) is 8.25. The summed E-state index contributed by atoms with van der Waals surface area (Å²) in [5, 5.41) is 10.0. The third-order valence-electron chi connectivity index (χ3n) is 8.25. The monoisotopic (exact) mass is 524 g/mol. The van der Waals surface area contributed by atoms with Crippen LogP contribution < -0.4 is 0 Å². The average Bonchev–Trinajstić information content (AvgIpc) is 3.43. The van der Waals surface area contributed by atoms with Gasteiger partial charge in [-0.05, 0) is 102 Å². The van der Waals surface area contributed by atoms with Crippen molar-refractivity contribution in [2.45, 2.75) is 0 Å². The van der Waals surface area contributed by atoms with Crippen LogP contribution in [0.5, 0.6) is 0 Å². The predicted molar refractivity (Wildman–Crippen MR) is 175 cm³/mol. The number of hydrogen-bond acceptors (Lipinski definition) is 1. The van der Waals surface area contributed by atoms with Crippen LogP contribution in [0.4, 0.5) is 0 Å². The molecule has 0 saturated carbocycles. The molecule has 1 aromatic heterocycles. The van der Waals surface area contributed by atoms with E-state index >= 15 is 0 Å². The van der Waals surface area contributed by atoms with E-state index in [-0.39, 0.29) is 29.7 Å². The Morgan fingerprint density at radius 1 is 0.390 bits per heavy atom. The Balaban J connectivity index is 1.33. The molecule has 9 rings (SSSR count). The van der Waals surface area contributed by atoms with E-state index in [0.29, 0.717) is 22.3 Å². The van der Waals surface area contributed by atoms with Crippen molar-refractivity contribution in [1.29, 1.82) is 0 Å². The summed E-state index contributed by atoms with van der Waals surface area (Å²) in [5.74, 6) is 0. The Hall–Kier alpha value is -5.40. The highest BCUT2D eigenvalue weighted by Gasteiger charge is 2.15. The van der Waals surface area contributed by atoms with Crippen LogP contribution in [0.3, 0.4) is 0 Å². The van der Waals surface area contributed by atoms with Gasteiger partial charge in [0.2, 0.25) is 0 Å². The van der Waals surface area contributed by atoms with E-state index in [9.17, 15) is 5.48 Å². The zero-order valence-corrected chi connectivity index (χ0v) is 22.0. The number of benzene rings is 8. The average molecular weight is 525 g/mol. The highest BCUT2D eigenvalue weighted by atomic mass is 16.3. The van der Waals surface area contributed by atoms with Crippen molar-refractivity contribution < 1.29 is 9.90 Å². The zero-order valence-electron chi connectivity index (χ0n) is 26.0. The van der Waals surface area contributed by atoms with E-state index in [1.165, 1.54) is 0 Å². The SMILES string of the molecule is [2H]c1c([2H])c(-c2cccc3oc4cc5ccccc5cc4c23)c([2H])c([2H])c1-c1cc2cc3ccccc3cc2c2ccccc12. The maximum absolute atomic E-state index is 9.30. The van der Waals surface area contributed by atoms with Crippen LogP contribution in [0.25, 0.3) is 87.3 Å². The molecule has 0 aliphatic rings. The molecule has 0 aliphatic heterocycles. The van der Waals surface area contributed by atoms with Gasteiger partial charge in [-0.15, -0.1) is 0 Å². The number of rotatable bonds is 2. The van der Waals surface area contributed by atoms with Crippen molar-refractivity contribution in [3.05, 3.63) is 145 Å². The molecule has 0 aliphatic carbocycles. The van der Waals surface area contributed by atoms with Gasteiger partial charge in [0.1, 0.15) is 11.2 Å². The van der Waals surface area contributed by atoms with E-state index in [1.54, 1.807) is 0 Å². The lowest BCUT2D eigenvalue weighted by atomic mass is 9.91. The van der Waals surface area contributed by atoms with Crippen molar-refractivity contribution in [2.75, 3.05) is 0 Å². The van der Waals surface area contributed by atoms with Gasteiger partial charge in [-0.3, -0.25) is 0 Å². The van der Waals surface area contributed by atoms with Gasteiger partial charge < -0.3 is 4.42 Å². The van der Waals surface area contributed by atoms with E-state index < -0.39 is 0 Å². The predicted octanol–water partition coefficient (Wildman–Crippen LogP) is 11.5. The fourth-order valence-electron chi connectivity index (χ4n) is 6.31. The maximum atomic E-state index is 9.30. The second kappa shape index (κ2) is 8.55. The number of fused-ring (bicyclic) bond motifs is 8. The highest BCUT2D eigenvalue weighted by molar-refractivity contribution is 6.18. The van der Waals surface area contributed by atoms with Crippen molar-refractivity contribution in [1.82, 2.24) is 0 Å². The molecule has 1 heterocycles. The summed E-state index contributed by atoms with van der Waals surface area (Å²) in [6.07, 6.45) is 0. The van der Waals surface area contributed by atoms with Crippen molar-refractivity contribution in [3.8, 4) is 22.3 Å². The second-order valence-corrected chi connectivity index (χ2v) is 10.6. The normalized spacial score (nSPS) is 13.3. The molecule has 0 unspecified atom stereocenters. The lowest BCUT2D eigenvalue weighted by Crippen LogP contribution is -1.86. The van der Waals surface area contributed by atoms with Crippen LogP contribution in [-0.2, 0) is 0 Å². The first kappa shape index (κ1) is 18.8. The van der Waals surface area contributed by atoms with Crippen LogP contribution in [0, 0.1) is 0 Å². The topological polar surface area (TPSA) is 13.1 Å². The van der Waals surface area contributed by atoms with Crippen molar-refractivity contribution >= 4 is 65.0 Å². The largest absolute Gasteiger partial charge is 0.456 e. The first-order valence-corrected chi connectivity index (χ1v) is 13.8. The van der Waals surface area contributed by atoms with Crippen LogP contribution in [0.1, 0.15) is 5.48 Å². The van der Waals surface area contributed by atoms with Gasteiger partial charge >= 0.3 is 0 Å². The standard InChI is InChI=1S/C40H24O/c1-2-9-28-21-36-31(20-27(28)8-1)23-35(33-12-5-6-13-34(33)36)26-18-16-25(17-19-26)32-14-7-15-38-40(32)37-22-29-10-3-4-11-30(29)24-39(37)41-38/h1-24H/i16D,17D,18D,19D. The molecular weight excluding hydrogens is 496 g/mol. The van der Waals surface area contributed by atoms with Gasteiger partial charge in [-0.2, -0.15) is 0 Å². The Morgan fingerprint density at radius 3 is 1.71 bits per heavy atom. The van der Waals surface area contributed by atoms with Gasteiger partial charge in [0.15, 0.2) is 0 Å². The Morgan fingerprint density at radius 2 is 0.976 bits per heavy atom. The van der Waals surface area contributed by atoms with Crippen LogP contribution in [-0.4, -0.2) is 0 Å². The smallest absolute Gasteiger partial charge is 0.136 e. The van der Waals surface area contributed by atoms with Gasteiger partial charge in [-0.1, -0.05) is 109 Å². The van der Waals surface area contributed by atoms with Gasteiger partial charge in [0.05, 0.1) is 5.48 Å². The molecule has 0 bridgehead atoms. The lowest BCUT2D eigenvalue weighted by Gasteiger charge is -2.13. The third kappa shape index (κ3) is 3.43. The second-order valence-electron chi connectivity index (χ2n) is 10.6. The molecule has 0 radical (unpaired) electrons. The van der Waals surface area contributed by atoms with Crippen molar-refractivity contribution in [3.63, 3.8) is 0 Å². The van der Waals surface area contributed by atoms with Gasteiger partial charge in [0.25, 0.3) is 0 Å².